The van der Waals surface area contributed by atoms with E-state index in [9.17, 15) is 13.2 Å². The number of sulfonamides is 1. The average Bonchev–Trinajstić information content (AvgIpc) is 3.09. The molecule has 1 aromatic heterocycles. The molecular weight excluding hydrogens is 418 g/mol. The molecular formula is C19H24ClN3O5S. The maximum atomic E-state index is 13.1. The predicted molar refractivity (Wildman–Crippen MR) is 108 cm³/mol. The molecule has 0 saturated carbocycles. The number of rotatable bonds is 5. The maximum Gasteiger partial charge on any atom is 0.275 e. The first kappa shape index (κ1) is 21.6. The van der Waals surface area contributed by atoms with Crippen LogP contribution in [0.3, 0.4) is 0 Å². The Labute approximate surface area is 175 Å². The zero-order chi connectivity index (χ0) is 21.3. The van der Waals surface area contributed by atoms with Crippen LogP contribution < -0.4 is 4.74 Å². The molecule has 0 spiro atoms. The van der Waals surface area contributed by atoms with Gasteiger partial charge in [-0.25, -0.2) is 13.4 Å². The number of hydrogen-bond donors (Lipinski definition) is 0. The molecule has 2 aromatic rings. The van der Waals surface area contributed by atoms with Crippen molar-refractivity contribution in [3.05, 3.63) is 40.6 Å². The van der Waals surface area contributed by atoms with Gasteiger partial charge in [-0.2, -0.15) is 4.31 Å². The molecule has 1 aromatic carbocycles. The van der Waals surface area contributed by atoms with Crippen LogP contribution in [0.1, 0.15) is 40.9 Å². The average molecular weight is 442 g/mol. The van der Waals surface area contributed by atoms with E-state index < -0.39 is 10.0 Å². The van der Waals surface area contributed by atoms with Crippen LogP contribution in [0, 0.1) is 6.92 Å². The van der Waals surface area contributed by atoms with Gasteiger partial charge < -0.3 is 14.1 Å². The van der Waals surface area contributed by atoms with E-state index in [0.717, 1.165) is 0 Å². The number of carbonyl (C=O) groups excluding carboxylic acids is 1. The SMILES string of the molecule is COc1ccc(Cl)cc1S(=O)(=O)N1CCC(c2nc(C(=O)N(C)C)c(C)o2)CC1. The molecule has 29 heavy (non-hydrogen) atoms. The predicted octanol–water partition coefficient (Wildman–Crippen LogP) is 2.92. The Morgan fingerprint density at radius 2 is 1.97 bits per heavy atom. The summed E-state index contributed by atoms with van der Waals surface area (Å²) in [6.45, 7) is 2.32. The van der Waals surface area contributed by atoms with Gasteiger partial charge in [-0.05, 0) is 38.0 Å². The number of oxazole rings is 1. The summed E-state index contributed by atoms with van der Waals surface area (Å²) in [4.78, 5) is 18.1. The van der Waals surface area contributed by atoms with Gasteiger partial charge in [0.25, 0.3) is 5.91 Å². The van der Waals surface area contributed by atoms with E-state index in [1.165, 1.54) is 22.4 Å². The lowest BCUT2D eigenvalue weighted by atomic mass is 9.98. The Kier molecular flexibility index (Phi) is 6.21. The van der Waals surface area contributed by atoms with Crippen LogP contribution in [0.5, 0.6) is 5.75 Å². The standard InChI is InChI=1S/C19H24ClN3O5S/c1-12-17(19(24)22(2)3)21-18(28-12)13-7-9-23(10-8-13)29(25,26)16-11-14(20)5-6-15(16)27-4/h5-6,11,13H,7-10H2,1-4H3. The second kappa shape index (κ2) is 8.33. The van der Waals surface area contributed by atoms with Crippen molar-refractivity contribution in [3.63, 3.8) is 0 Å². The lowest BCUT2D eigenvalue weighted by Gasteiger charge is -2.30. The van der Waals surface area contributed by atoms with E-state index in [1.54, 1.807) is 33.2 Å². The summed E-state index contributed by atoms with van der Waals surface area (Å²) in [5.41, 5.74) is 0.295. The fraction of sp³-hybridized carbons (Fsp3) is 0.474. The second-order valence-electron chi connectivity index (χ2n) is 7.13. The van der Waals surface area contributed by atoms with Gasteiger partial charge in [-0.3, -0.25) is 4.79 Å². The number of carbonyl (C=O) groups is 1. The molecule has 10 heteroatoms. The first-order valence-corrected chi connectivity index (χ1v) is 11.0. The highest BCUT2D eigenvalue weighted by Gasteiger charge is 2.34. The van der Waals surface area contributed by atoms with Crippen molar-refractivity contribution >= 4 is 27.5 Å². The number of aryl methyl sites for hydroxylation is 1. The summed E-state index contributed by atoms with van der Waals surface area (Å²) < 4.78 is 38.5. The summed E-state index contributed by atoms with van der Waals surface area (Å²) in [6.07, 6.45) is 1.08. The van der Waals surface area contributed by atoms with E-state index in [-0.39, 0.29) is 22.5 Å². The number of nitrogens with zero attached hydrogens (tertiary/aromatic N) is 3. The van der Waals surface area contributed by atoms with Crippen LogP contribution in [-0.4, -0.2) is 62.8 Å². The molecule has 8 nitrogen and oxygen atoms in total. The Hall–Kier alpha value is -2.10. The zero-order valence-electron chi connectivity index (χ0n) is 16.8. The van der Waals surface area contributed by atoms with Gasteiger partial charge in [-0.1, -0.05) is 11.6 Å². The van der Waals surface area contributed by atoms with Crippen molar-refractivity contribution in [1.82, 2.24) is 14.2 Å². The number of methoxy groups -OCH3 is 1. The Morgan fingerprint density at radius 3 is 2.55 bits per heavy atom. The van der Waals surface area contributed by atoms with E-state index in [4.69, 9.17) is 20.8 Å². The number of amides is 1. The molecule has 1 aliphatic heterocycles. The molecule has 158 valence electrons. The molecule has 0 bridgehead atoms. The maximum absolute atomic E-state index is 13.1. The number of hydrogen-bond acceptors (Lipinski definition) is 6. The van der Waals surface area contributed by atoms with Gasteiger partial charge in [-0.15, -0.1) is 0 Å². The highest BCUT2D eigenvalue weighted by atomic mass is 35.5. The van der Waals surface area contributed by atoms with Crippen LogP contribution in [0.2, 0.25) is 5.02 Å². The van der Waals surface area contributed by atoms with Crippen LogP contribution >= 0.6 is 11.6 Å². The number of halogens is 1. The van der Waals surface area contributed by atoms with Crippen LogP contribution in [0.25, 0.3) is 0 Å². The van der Waals surface area contributed by atoms with Crippen molar-refractivity contribution in [2.24, 2.45) is 0 Å². The first-order valence-electron chi connectivity index (χ1n) is 9.17. The lowest BCUT2D eigenvalue weighted by Crippen LogP contribution is -2.38. The van der Waals surface area contributed by atoms with Crippen molar-refractivity contribution < 1.29 is 22.4 Å². The molecule has 1 amide bonds. The molecule has 0 atom stereocenters. The third-order valence-corrected chi connectivity index (χ3v) is 7.12. The third-order valence-electron chi connectivity index (χ3n) is 4.97. The number of ether oxygens (including phenoxy) is 1. The number of piperidine rings is 1. The van der Waals surface area contributed by atoms with E-state index >= 15 is 0 Å². The number of benzene rings is 1. The van der Waals surface area contributed by atoms with E-state index in [2.05, 4.69) is 4.98 Å². The molecule has 1 fully saturated rings. The lowest BCUT2D eigenvalue weighted by molar-refractivity contribution is 0.0821. The molecule has 3 rings (SSSR count). The van der Waals surface area contributed by atoms with Crippen molar-refractivity contribution in [1.29, 1.82) is 0 Å². The topological polar surface area (TPSA) is 93.0 Å². The quantitative estimate of drug-likeness (QED) is 0.708. The Bertz CT molecular complexity index is 1010. The number of aromatic nitrogens is 1. The zero-order valence-corrected chi connectivity index (χ0v) is 18.4. The molecule has 0 N–H and O–H groups in total. The molecule has 2 heterocycles. The van der Waals surface area contributed by atoms with E-state index in [1.807, 2.05) is 0 Å². The summed E-state index contributed by atoms with van der Waals surface area (Å²) in [5, 5.41) is 0.326. The van der Waals surface area contributed by atoms with E-state index in [0.29, 0.717) is 48.3 Å². The molecule has 1 aliphatic rings. The highest BCUT2D eigenvalue weighted by molar-refractivity contribution is 7.89. The van der Waals surface area contributed by atoms with Crippen LogP contribution in [0.4, 0.5) is 0 Å². The Balaban J connectivity index is 1.77. The van der Waals surface area contributed by atoms with Crippen molar-refractivity contribution in [3.8, 4) is 5.75 Å². The minimum atomic E-state index is -3.75. The monoisotopic (exact) mass is 441 g/mol. The van der Waals surface area contributed by atoms with Crippen LogP contribution in [-0.2, 0) is 10.0 Å². The van der Waals surface area contributed by atoms with Gasteiger partial charge >= 0.3 is 0 Å². The second-order valence-corrected chi connectivity index (χ2v) is 9.47. The minimum Gasteiger partial charge on any atom is -0.495 e. The van der Waals surface area contributed by atoms with Crippen molar-refractivity contribution in [2.75, 3.05) is 34.3 Å². The van der Waals surface area contributed by atoms with Gasteiger partial charge in [0.05, 0.1) is 7.11 Å². The molecule has 1 saturated heterocycles. The molecule has 0 radical (unpaired) electrons. The fourth-order valence-corrected chi connectivity index (χ4v) is 5.22. The third kappa shape index (κ3) is 4.26. The molecule has 0 aliphatic carbocycles. The summed E-state index contributed by atoms with van der Waals surface area (Å²) in [5.74, 6) is 0.935. The van der Waals surface area contributed by atoms with Gasteiger partial charge in [0, 0.05) is 38.1 Å². The van der Waals surface area contributed by atoms with Gasteiger partial charge in [0.2, 0.25) is 10.0 Å². The summed E-state index contributed by atoms with van der Waals surface area (Å²) >= 11 is 6.00. The van der Waals surface area contributed by atoms with Crippen LogP contribution in [0.15, 0.2) is 27.5 Å². The largest absolute Gasteiger partial charge is 0.495 e. The highest BCUT2D eigenvalue weighted by Crippen LogP contribution is 2.34. The van der Waals surface area contributed by atoms with Gasteiger partial charge in [0.15, 0.2) is 11.6 Å². The fourth-order valence-electron chi connectivity index (χ4n) is 3.34. The summed E-state index contributed by atoms with van der Waals surface area (Å²) in [6, 6.07) is 4.53. The molecule has 0 unspecified atom stereocenters. The minimum absolute atomic E-state index is 0.0508. The smallest absolute Gasteiger partial charge is 0.275 e. The van der Waals surface area contributed by atoms with Gasteiger partial charge in [0.1, 0.15) is 16.4 Å². The van der Waals surface area contributed by atoms with Crippen molar-refractivity contribution in [2.45, 2.75) is 30.6 Å². The summed E-state index contributed by atoms with van der Waals surface area (Å²) in [7, 11) is 0.987. The first-order chi connectivity index (χ1) is 13.6. The normalized spacial score (nSPS) is 16.0. The Morgan fingerprint density at radius 1 is 1.31 bits per heavy atom.